The van der Waals surface area contributed by atoms with Crippen LogP contribution in [0.2, 0.25) is 0 Å². The van der Waals surface area contributed by atoms with Crippen molar-refractivity contribution in [2.45, 2.75) is 26.3 Å². The third kappa shape index (κ3) is 5.93. The zero-order chi connectivity index (χ0) is 9.99. The summed E-state index contributed by atoms with van der Waals surface area (Å²) in [5.41, 5.74) is -0.693. The Morgan fingerprint density at radius 1 is 1.33 bits per heavy atom. The first kappa shape index (κ1) is 11.2. The number of carboxylic acid groups (broad SMARTS) is 1. The minimum Gasteiger partial charge on any atom is -0.464 e. The fraction of sp³-hybridized carbons (Fsp3) is 0.800. The van der Waals surface area contributed by atoms with Crippen molar-refractivity contribution in [1.82, 2.24) is 9.44 Å². The fourth-order valence-electron chi connectivity index (χ4n) is 0.544. The lowest BCUT2D eigenvalue weighted by atomic mass is 10.1. The number of rotatable bonds is 2. The van der Waals surface area contributed by atoms with Gasteiger partial charge in [0.2, 0.25) is 0 Å². The normalized spacial score (nSPS) is 12.6. The molecular weight excluding hydrogens is 184 g/mol. The third-order valence-electron chi connectivity index (χ3n) is 0.662. The van der Waals surface area contributed by atoms with Gasteiger partial charge in [0.15, 0.2) is 0 Å². The maximum Gasteiger partial charge on any atom is 0.419 e. The van der Waals surface area contributed by atoms with E-state index in [-0.39, 0.29) is 0 Å². The van der Waals surface area contributed by atoms with Crippen molar-refractivity contribution in [3.8, 4) is 0 Å². The molecule has 72 valence electrons. The van der Waals surface area contributed by atoms with Crippen LogP contribution in [0, 0.1) is 0 Å². The second-order valence-electron chi connectivity index (χ2n) is 3.26. The van der Waals surface area contributed by atoms with Crippen LogP contribution in [-0.2, 0) is 10.2 Å². The topological polar surface area (TPSA) is 95.5 Å². The Morgan fingerprint density at radius 3 is 2.00 bits per heavy atom. The highest BCUT2D eigenvalue weighted by Crippen LogP contribution is 1.99. The molecule has 0 saturated heterocycles. The summed E-state index contributed by atoms with van der Waals surface area (Å²) >= 11 is 0. The average molecular weight is 196 g/mol. The van der Waals surface area contributed by atoms with Gasteiger partial charge in [-0.2, -0.15) is 13.1 Å². The van der Waals surface area contributed by atoms with Crippen LogP contribution in [0.1, 0.15) is 20.8 Å². The van der Waals surface area contributed by atoms with Gasteiger partial charge in [0, 0.05) is 5.54 Å². The van der Waals surface area contributed by atoms with E-state index >= 15 is 0 Å². The average Bonchev–Trinajstić information content (AvgIpc) is 1.48. The maximum absolute atomic E-state index is 10.9. The minimum absolute atomic E-state index is 0.693. The van der Waals surface area contributed by atoms with Gasteiger partial charge in [-0.15, -0.1) is 0 Å². The SMILES string of the molecule is CC(C)(C)NS(=O)(=O)NC(=O)O. The van der Waals surface area contributed by atoms with Crippen molar-refractivity contribution in [3.05, 3.63) is 0 Å². The van der Waals surface area contributed by atoms with Gasteiger partial charge in [-0.3, -0.25) is 0 Å². The molecule has 0 aliphatic carbocycles. The summed E-state index contributed by atoms with van der Waals surface area (Å²) in [7, 11) is -3.94. The molecule has 0 aliphatic rings. The molecule has 6 nitrogen and oxygen atoms in total. The summed E-state index contributed by atoms with van der Waals surface area (Å²) in [5, 5.41) is 8.12. The largest absolute Gasteiger partial charge is 0.464 e. The van der Waals surface area contributed by atoms with Crippen LogP contribution < -0.4 is 9.44 Å². The molecule has 0 unspecified atom stereocenters. The standard InChI is InChI=1S/C5H12N2O4S/c1-5(2,3)7-12(10,11)6-4(8)9/h6-7H,1-3H3,(H,8,9). The van der Waals surface area contributed by atoms with Gasteiger partial charge in [-0.1, -0.05) is 0 Å². The number of hydrogen-bond donors (Lipinski definition) is 3. The van der Waals surface area contributed by atoms with Gasteiger partial charge in [-0.25, -0.2) is 9.52 Å². The van der Waals surface area contributed by atoms with Gasteiger partial charge >= 0.3 is 16.3 Å². The molecule has 0 bridgehead atoms. The maximum atomic E-state index is 10.9. The van der Waals surface area contributed by atoms with E-state index in [9.17, 15) is 13.2 Å². The Kier molecular flexibility index (Phi) is 3.05. The Labute approximate surface area is 71.2 Å². The summed E-state index contributed by atoms with van der Waals surface area (Å²) in [6.07, 6.45) is -1.60. The van der Waals surface area contributed by atoms with Crippen LogP contribution in [0.25, 0.3) is 0 Å². The Bertz CT molecular complexity index is 264. The van der Waals surface area contributed by atoms with E-state index < -0.39 is 21.8 Å². The minimum atomic E-state index is -3.94. The predicted molar refractivity (Wildman–Crippen MR) is 43.0 cm³/mol. The smallest absolute Gasteiger partial charge is 0.419 e. The summed E-state index contributed by atoms with van der Waals surface area (Å²) in [6.45, 7) is 4.82. The van der Waals surface area contributed by atoms with Gasteiger partial charge in [0.25, 0.3) is 0 Å². The Balaban J connectivity index is 4.36. The van der Waals surface area contributed by atoms with Crippen molar-refractivity contribution in [1.29, 1.82) is 0 Å². The van der Waals surface area contributed by atoms with E-state index in [0.29, 0.717) is 0 Å². The van der Waals surface area contributed by atoms with Crippen LogP contribution in [0.3, 0.4) is 0 Å². The molecule has 0 radical (unpaired) electrons. The second-order valence-corrected chi connectivity index (χ2v) is 4.68. The molecule has 12 heavy (non-hydrogen) atoms. The van der Waals surface area contributed by atoms with E-state index in [4.69, 9.17) is 5.11 Å². The van der Waals surface area contributed by atoms with Crippen LogP contribution in [0.4, 0.5) is 4.79 Å². The predicted octanol–water partition coefficient (Wildman–Crippen LogP) is -0.113. The molecule has 3 N–H and O–H groups in total. The third-order valence-corrected chi connectivity index (χ3v) is 1.99. The summed E-state index contributed by atoms with van der Waals surface area (Å²) in [6, 6.07) is 0. The van der Waals surface area contributed by atoms with Crippen LogP contribution >= 0.6 is 0 Å². The molecule has 0 aromatic carbocycles. The van der Waals surface area contributed by atoms with Gasteiger partial charge < -0.3 is 5.11 Å². The van der Waals surface area contributed by atoms with Crippen molar-refractivity contribution >= 4 is 16.3 Å². The van der Waals surface area contributed by atoms with Crippen molar-refractivity contribution < 1.29 is 18.3 Å². The number of carbonyl (C=O) groups is 1. The van der Waals surface area contributed by atoms with Crippen LogP contribution in [0.5, 0.6) is 0 Å². The second kappa shape index (κ2) is 3.28. The first-order valence-corrected chi connectivity index (χ1v) is 4.65. The van der Waals surface area contributed by atoms with Crippen molar-refractivity contribution in [2.75, 3.05) is 0 Å². The van der Waals surface area contributed by atoms with Crippen LogP contribution in [-0.4, -0.2) is 25.2 Å². The molecule has 0 aromatic rings. The molecule has 7 heteroatoms. The molecular formula is C5H12N2O4S. The molecule has 0 heterocycles. The summed E-state index contributed by atoms with van der Waals surface area (Å²) < 4.78 is 25.2. The number of nitrogens with one attached hydrogen (secondary N) is 2. The van der Waals surface area contributed by atoms with E-state index in [1.165, 1.54) is 4.72 Å². The molecule has 0 aromatic heterocycles. The summed E-state index contributed by atoms with van der Waals surface area (Å²) in [4.78, 5) is 9.97. The Morgan fingerprint density at radius 2 is 1.75 bits per heavy atom. The van der Waals surface area contributed by atoms with E-state index in [2.05, 4.69) is 4.72 Å². The van der Waals surface area contributed by atoms with Gasteiger partial charge in [0.1, 0.15) is 0 Å². The molecule has 0 atom stereocenters. The first-order valence-electron chi connectivity index (χ1n) is 3.17. The van der Waals surface area contributed by atoms with E-state index in [0.717, 1.165) is 0 Å². The van der Waals surface area contributed by atoms with Gasteiger partial charge in [0.05, 0.1) is 0 Å². The zero-order valence-electron chi connectivity index (χ0n) is 7.08. The van der Waals surface area contributed by atoms with E-state index in [1.54, 1.807) is 20.8 Å². The number of hydrogen-bond acceptors (Lipinski definition) is 3. The lowest BCUT2D eigenvalue weighted by Crippen LogP contribution is -2.48. The zero-order valence-corrected chi connectivity index (χ0v) is 7.90. The lowest BCUT2D eigenvalue weighted by Gasteiger charge is -2.19. The number of amides is 1. The lowest BCUT2D eigenvalue weighted by molar-refractivity contribution is 0.201. The van der Waals surface area contributed by atoms with Crippen molar-refractivity contribution in [2.24, 2.45) is 0 Å². The molecule has 0 fully saturated rings. The van der Waals surface area contributed by atoms with E-state index in [1.807, 2.05) is 0 Å². The monoisotopic (exact) mass is 196 g/mol. The molecule has 0 spiro atoms. The molecule has 1 amide bonds. The molecule has 0 aliphatic heterocycles. The quantitative estimate of drug-likeness (QED) is 0.574. The highest BCUT2D eigenvalue weighted by molar-refractivity contribution is 7.88. The van der Waals surface area contributed by atoms with Gasteiger partial charge in [-0.05, 0) is 20.8 Å². The first-order chi connectivity index (χ1) is 5.12. The molecule has 0 rings (SSSR count). The fourth-order valence-corrected chi connectivity index (χ4v) is 1.63. The summed E-state index contributed by atoms with van der Waals surface area (Å²) in [5.74, 6) is 0. The van der Waals surface area contributed by atoms with Crippen molar-refractivity contribution in [3.63, 3.8) is 0 Å². The van der Waals surface area contributed by atoms with Crippen LogP contribution in [0.15, 0.2) is 0 Å². The highest BCUT2D eigenvalue weighted by Gasteiger charge is 2.20. The Hall–Kier alpha value is -0.820. The highest BCUT2D eigenvalue weighted by atomic mass is 32.2. The molecule has 0 saturated carbocycles.